The predicted octanol–water partition coefficient (Wildman–Crippen LogP) is 3.59. The number of hydrogen-bond donors (Lipinski definition) is 0. The topological polar surface area (TPSA) is 9.23 Å². The van der Waals surface area contributed by atoms with Crippen LogP contribution in [0.2, 0.25) is 5.02 Å². The second-order valence-electron chi connectivity index (χ2n) is 3.00. The molecule has 0 radical (unpaired) electrons. The molecule has 0 aromatic heterocycles. The molecule has 1 rings (SSSR count). The molecule has 13 heavy (non-hydrogen) atoms. The fourth-order valence-corrected chi connectivity index (χ4v) is 1.12. The molecule has 0 bridgehead atoms. The van der Waals surface area contributed by atoms with Gasteiger partial charge >= 0.3 is 0 Å². The van der Waals surface area contributed by atoms with Crippen LogP contribution in [0, 0.1) is 5.92 Å². The lowest BCUT2D eigenvalue weighted by Crippen LogP contribution is -2.09. The number of hydrogen-bond acceptors (Lipinski definition) is 1. The Morgan fingerprint density at radius 3 is 2.69 bits per heavy atom. The van der Waals surface area contributed by atoms with Crippen LogP contribution in [0.5, 0.6) is 5.75 Å². The van der Waals surface area contributed by atoms with Crippen molar-refractivity contribution in [2.45, 2.75) is 6.92 Å². The number of para-hydroxylation sites is 1. The van der Waals surface area contributed by atoms with Crippen molar-refractivity contribution in [1.29, 1.82) is 0 Å². The molecule has 1 nitrogen and oxygen atoms in total. The Balaban J connectivity index is 2.50. The Bertz CT molecular complexity index is 263. The van der Waals surface area contributed by atoms with Crippen molar-refractivity contribution in [3.8, 4) is 5.75 Å². The number of alkyl halides is 1. The van der Waals surface area contributed by atoms with Crippen LogP contribution < -0.4 is 4.74 Å². The average molecular weight is 219 g/mol. The van der Waals surface area contributed by atoms with Crippen LogP contribution in [0.15, 0.2) is 24.3 Å². The van der Waals surface area contributed by atoms with E-state index in [1.54, 1.807) is 0 Å². The van der Waals surface area contributed by atoms with E-state index in [9.17, 15) is 0 Å². The van der Waals surface area contributed by atoms with Crippen molar-refractivity contribution >= 4 is 23.2 Å². The van der Waals surface area contributed by atoms with Gasteiger partial charge in [0.25, 0.3) is 0 Å². The van der Waals surface area contributed by atoms with Gasteiger partial charge in [-0.25, -0.2) is 0 Å². The minimum Gasteiger partial charge on any atom is -0.492 e. The van der Waals surface area contributed by atoms with Gasteiger partial charge in [0.1, 0.15) is 5.75 Å². The molecule has 1 atom stereocenters. The van der Waals surface area contributed by atoms with Gasteiger partial charge in [0, 0.05) is 11.8 Å². The maximum Gasteiger partial charge on any atom is 0.137 e. The molecule has 3 heteroatoms. The maximum atomic E-state index is 5.89. The largest absolute Gasteiger partial charge is 0.492 e. The molecule has 0 aliphatic rings. The van der Waals surface area contributed by atoms with Gasteiger partial charge in [-0.3, -0.25) is 0 Å². The van der Waals surface area contributed by atoms with Crippen molar-refractivity contribution in [3.05, 3.63) is 29.3 Å². The minimum absolute atomic E-state index is 0.345. The van der Waals surface area contributed by atoms with E-state index in [2.05, 4.69) is 0 Å². The molecule has 0 aliphatic carbocycles. The Labute approximate surface area is 88.6 Å². The molecular weight excluding hydrogens is 207 g/mol. The lowest BCUT2D eigenvalue weighted by atomic mass is 10.2. The highest BCUT2D eigenvalue weighted by molar-refractivity contribution is 6.32. The van der Waals surface area contributed by atoms with Gasteiger partial charge in [-0.05, 0) is 12.1 Å². The summed E-state index contributed by atoms with van der Waals surface area (Å²) >= 11 is 11.5. The van der Waals surface area contributed by atoms with Crippen molar-refractivity contribution in [1.82, 2.24) is 0 Å². The van der Waals surface area contributed by atoms with E-state index in [1.165, 1.54) is 0 Å². The molecular formula is C10H12Cl2O. The predicted molar refractivity (Wildman–Crippen MR) is 56.8 cm³/mol. The molecule has 0 amide bonds. The van der Waals surface area contributed by atoms with Crippen molar-refractivity contribution in [2.24, 2.45) is 5.92 Å². The summed E-state index contributed by atoms with van der Waals surface area (Å²) < 4.78 is 5.47. The smallest absolute Gasteiger partial charge is 0.137 e. The van der Waals surface area contributed by atoms with Gasteiger partial charge < -0.3 is 4.74 Å². The Morgan fingerprint density at radius 2 is 2.08 bits per heavy atom. The fourth-order valence-electron chi connectivity index (χ4n) is 0.838. The van der Waals surface area contributed by atoms with Gasteiger partial charge in [0.05, 0.1) is 11.6 Å². The van der Waals surface area contributed by atoms with Gasteiger partial charge in [-0.15, -0.1) is 11.6 Å². The molecule has 0 N–H and O–H groups in total. The normalized spacial score (nSPS) is 12.5. The van der Waals surface area contributed by atoms with Crippen LogP contribution in [-0.4, -0.2) is 12.5 Å². The molecule has 1 aromatic carbocycles. The summed E-state index contributed by atoms with van der Waals surface area (Å²) in [6, 6.07) is 7.43. The van der Waals surface area contributed by atoms with Crippen LogP contribution in [-0.2, 0) is 0 Å². The molecule has 0 saturated heterocycles. The summed E-state index contributed by atoms with van der Waals surface area (Å²) in [5, 5.41) is 0.643. The minimum atomic E-state index is 0.345. The number of benzene rings is 1. The first-order valence-corrected chi connectivity index (χ1v) is 5.08. The highest BCUT2D eigenvalue weighted by atomic mass is 35.5. The number of rotatable bonds is 4. The third-order valence-corrected chi connectivity index (χ3v) is 2.46. The van der Waals surface area contributed by atoms with Gasteiger partial charge in [0.2, 0.25) is 0 Å². The lowest BCUT2D eigenvalue weighted by Gasteiger charge is -2.10. The van der Waals surface area contributed by atoms with E-state index in [0.29, 0.717) is 23.4 Å². The second kappa shape index (κ2) is 5.36. The Hall–Kier alpha value is -0.400. The van der Waals surface area contributed by atoms with Crippen LogP contribution in [0.1, 0.15) is 6.92 Å². The van der Waals surface area contributed by atoms with Crippen molar-refractivity contribution < 1.29 is 4.74 Å². The van der Waals surface area contributed by atoms with E-state index < -0.39 is 0 Å². The lowest BCUT2D eigenvalue weighted by molar-refractivity contribution is 0.273. The molecule has 72 valence electrons. The molecule has 1 aromatic rings. The summed E-state index contributed by atoms with van der Waals surface area (Å²) in [5.41, 5.74) is 0. The molecule has 0 fully saturated rings. The van der Waals surface area contributed by atoms with Gasteiger partial charge in [0.15, 0.2) is 0 Å². The van der Waals surface area contributed by atoms with Gasteiger partial charge in [-0.2, -0.15) is 0 Å². The summed E-state index contributed by atoms with van der Waals surface area (Å²) in [5.74, 6) is 1.67. The number of ether oxygens (including phenoxy) is 1. The van der Waals surface area contributed by atoms with E-state index >= 15 is 0 Å². The van der Waals surface area contributed by atoms with E-state index in [1.807, 2.05) is 31.2 Å². The summed E-state index contributed by atoms with van der Waals surface area (Å²) in [4.78, 5) is 0. The Morgan fingerprint density at radius 1 is 1.38 bits per heavy atom. The monoisotopic (exact) mass is 218 g/mol. The molecule has 0 saturated carbocycles. The van der Waals surface area contributed by atoms with E-state index in [4.69, 9.17) is 27.9 Å². The molecule has 0 aliphatic heterocycles. The van der Waals surface area contributed by atoms with Crippen molar-refractivity contribution in [2.75, 3.05) is 12.5 Å². The van der Waals surface area contributed by atoms with E-state index in [-0.39, 0.29) is 0 Å². The quantitative estimate of drug-likeness (QED) is 0.703. The van der Waals surface area contributed by atoms with Crippen LogP contribution in [0.25, 0.3) is 0 Å². The van der Waals surface area contributed by atoms with Crippen LogP contribution in [0.3, 0.4) is 0 Å². The summed E-state index contributed by atoms with van der Waals surface area (Å²) in [7, 11) is 0. The standard InChI is InChI=1S/C10H12Cl2O/c1-8(6-11)7-13-10-5-3-2-4-9(10)12/h2-5,8H,6-7H2,1H3/t8-/m0/s1. The fraction of sp³-hybridized carbons (Fsp3) is 0.400. The van der Waals surface area contributed by atoms with E-state index in [0.717, 1.165) is 5.75 Å². The maximum absolute atomic E-state index is 5.89. The second-order valence-corrected chi connectivity index (χ2v) is 3.72. The zero-order chi connectivity index (χ0) is 9.68. The zero-order valence-corrected chi connectivity index (χ0v) is 8.98. The van der Waals surface area contributed by atoms with Crippen molar-refractivity contribution in [3.63, 3.8) is 0 Å². The first kappa shape index (κ1) is 10.7. The molecule has 0 heterocycles. The highest BCUT2D eigenvalue weighted by Crippen LogP contribution is 2.23. The first-order valence-electron chi connectivity index (χ1n) is 4.17. The average Bonchev–Trinajstić information content (AvgIpc) is 2.16. The highest BCUT2D eigenvalue weighted by Gasteiger charge is 2.03. The van der Waals surface area contributed by atoms with Gasteiger partial charge in [-0.1, -0.05) is 30.7 Å². The third kappa shape index (κ3) is 3.45. The van der Waals surface area contributed by atoms with Crippen LogP contribution in [0.4, 0.5) is 0 Å². The Kier molecular flexibility index (Phi) is 4.40. The zero-order valence-electron chi connectivity index (χ0n) is 7.47. The van der Waals surface area contributed by atoms with Crippen LogP contribution >= 0.6 is 23.2 Å². The SMILES string of the molecule is C[C@@H](CCl)COc1ccccc1Cl. The summed E-state index contributed by atoms with van der Waals surface area (Å²) in [6.07, 6.45) is 0. The first-order chi connectivity index (χ1) is 6.24. The molecule has 0 unspecified atom stereocenters. The summed E-state index contributed by atoms with van der Waals surface area (Å²) in [6.45, 7) is 2.64. The molecule has 0 spiro atoms. The number of halogens is 2. The third-order valence-electron chi connectivity index (χ3n) is 1.62.